The first-order valence-corrected chi connectivity index (χ1v) is 11.6. The van der Waals surface area contributed by atoms with E-state index in [0.717, 1.165) is 49.7 Å². The number of esters is 1. The smallest absolute Gasteiger partial charge is 0.305 e. The molecule has 0 heterocycles. The molecule has 0 spiro atoms. The van der Waals surface area contributed by atoms with Crippen LogP contribution in [0.15, 0.2) is 36.4 Å². The van der Waals surface area contributed by atoms with Gasteiger partial charge in [-0.3, -0.25) is 9.59 Å². The summed E-state index contributed by atoms with van der Waals surface area (Å²) in [6.45, 7) is 2.13. The van der Waals surface area contributed by atoms with Crippen LogP contribution in [0.5, 0.6) is 0 Å². The number of carbonyl (C=O) groups excluding carboxylic acids is 2. The quantitative estimate of drug-likeness (QED) is 0.148. The van der Waals surface area contributed by atoms with Gasteiger partial charge in [-0.15, -0.1) is 11.6 Å². The molecule has 0 radical (unpaired) electrons. The highest BCUT2D eigenvalue weighted by Gasteiger charge is 2.41. The number of ketones is 1. The Hall–Kier alpha value is -1.65. The number of allylic oxidation sites excluding steroid dienone is 2. The SMILES string of the molecule is CCCCCC(=O)c1ccc([C@@H]2[C@@H](C/C=C\CCCC(=O)OC)[C@@H](Cl)C[C@H]2O)cc1. The third-order valence-corrected chi connectivity index (χ3v) is 6.49. The van der Waals surface area contributed by atoms with Crippen molar-refractivity contribution in [2.45, 2.75) is 82.1 Å². The number of rotatable bonds is 12. The highest BCUT2D eigenvalue weighted by Crippen LogP contribution is 2.44. The lowest BCUT2D eigenvalue weighted by Gasteiger charge is -2.23. The Morgan fingerprint density at radius 3 is 2.53 bits per heavy atom. The number of alkyl halides is 1. The molecule has 1 aliphatic rings. The van der Waals surface area contributed by atoms with Crippen molar-refractivity contribution in [3.8, 4) is 0 Å². The molecule has 1 N–H and O–H groups in total. The Morgan fingerprint density at radius 1 is 1.13 bits per heavy atom. The van der Waals surface area contributed by atoms with Gasteiger partial charge in [0.2, 0.25) is 0 Å². The van der Waals surface area contributed by atoms with Crippen LogP contribution in [-0.4, -0.2) is 35.4 Å². The molecule has 0 aliphatic heterocycles. The number of ether oxygens (including phenoxy) is 1. The molecule has 30 heavy (non-hydrogen) atoms. The lowest BCUT2D eigenvalue weighted by molar-refractivity contribution is -0.140. The third kappa shape index (κ3) is 7.24. The van der Waals surface area contributed by atoms with Crippen molar-refractivity contribution < 1.29 is 19.4 Å². The van der Waals surface area contributed by atoms with E-state index in [1.165, 1.54) is 7.11 Å². The number of aliphatic hydroxyl groups is 1. The van der Waals surface area contributed by atoms with Crippen LogP contribution < -0.4 is 0 Å². The van der Waals surface area contributed by atoms with Gasteiger partial charge in [0.05, 0.1) is 13.2 Å². The summed E-state index contributed by atoms with van der Waals surface area (Å²) in [5, 5.41) is 10.5. The molecule has 1 saturated carbocycles. The minimum absolute atomic E-state index is 0.0311. The second kappa shape index (κ2) is 12.9. The molecule has 1 aliphatic carbocycles. The van der Waals surface area contributed by atoms with E-state index in [-0.39, 0.29) is 29.0 Å². The van der Waals surface area contributed by atoms with Crippen LogP contribution in [-0.2, 0) is 9.53 Å². The Bertz CT molecular complexity index is 698. The highest BCUT2D eigenvalue weighted by atomic mass is 35.5. The molecule has 166 valence electrons. The normalized spacial score (nSPS) is 23.7. The highest BCUT2D eigenvalue weighted by molar-refractivity contribution is 6.21. The van der Waals surface area contributed by atoms with E-state index in [1.54, 1.807) is 0 Å². The van der Waals surface area contributed by atoms with Gasteiger partial charge in [0.15, 0.2) is 5.78 Å². The minimum atomic E-state index is -0.476. The fourth-order valence-corrected chi connectivity index (χ4v) is 4.68. The van der Waals surface area contributed by atoms with Crippen molar-refractivity contribution in [1.82, 2.24) is 0 Å². The summed E-state index contributed by atoms with van der Waals surface area (Å²) in [7, 11) is 1.40. The Kier molecular flexibility index (Phi) is 10.6. The molecule has 0 bridgehead atoms. The standard InChI is InChI=1S/C25H35ClO4/c1-3-4-7-11-22(27)18-13-15-19(16-14-18)25-20(21(26)17-23(25)28)10-8-5-6-9-12-24(29)30-2/h5,8,13-16,20-21,23,25,28H,3-4,6-7,9-12,17H2,1-2H3/b8-5-/t20-,21-,23+,25+/m0/s1. The molecule has 0 amide bonds. The second-order valence-electron chi connectivity index (χ2n) is 8.19. The number of benzene rings is 1. The van der Waals surface area contributed by atoms with Gasteiger partial charge in [0.25, 0.3) is 0 Å². The van der Waals surface area contributed by atoms with Gasteiger partial charge in [-0.05, 0) is 43.6 Å². The molecule has 4 nitrogen and oxygen atoms in total. The summed E-state index contributed by atoms with van der Waals surface area (Å²) in [6, 6.07) is 7.72. The minimum Gasteiger partial charge on any atom is -0.469 e. The van der Waals surface area contributed by atoms with E-state index in [1.807, 2.05) is 24.3 Å². The number of carbonyl (C=O) groups is 2. The van der Waals surface area contributed by atoms with Crippen LogP contribution in [0, 0.1) is 5.92 Å². The zero-order valence-corrected chi connectivity index (χ0v) is 18.9. The Morgan fingerprint density at radius 2 is 1.87 bits per heavy atom. The zero-order chi connectivity index (χ0) is 21.9. The van der Waals surface area contributed by atoms with Crippen LogP contribution in [0.2, 0.25) is 0 Å². The number of hydrogen-bond acceptors (Lipinski definition) is 4. The molecule has 0 unspecified atom stereocenters. The fraction of sp³-hybridized carbons (Fsp3) is 0.600. The van der Waals surface area contributed by atoms with E-state index >= 15 is 0 Å². The molecule has 1 aromatic carbocycles. The Balaban J connectivity index is 1.95. The third-order valence-electron chi connectivity index (χ3n) is 5.99. The first-order chi connectivity index (χ1) is 14.5. The Labute approximate surface area is 185 Å². The summed E-state index contributed by atoms with van der Waals surface area (Å²) in [6.07, 6.45) is 10.8. The number of Topliss-reactive ketones (excluding diaryl/α,β-unsaturated/α-hetero) is 1. The van der Waals surface area contributed by atoms with Crippen molar-refractivity contribution >= 4 is 23.4 Å². The summed E-state index contributed by atoms with van der Waals surface area (Å²) in [5.41, 5.74) is 1.78. The number of halogens is 1. The summed E-state index contributed by atoms with van der Waals surface area (Å²) in [5.74, 6) is 0.111. The average Bonchev–Trinajstić information content (AvgIpc) is 3.03. The molecule has 4 atom stereocenters. The van der Waals surface area contributed by atoms with Crippen molar-refractivity contribution in [2.24, 2.45) is 5.92 Å². The molecule has 5 heteroatoms. The van der Waals surface area contributed by atoms with Gasteiger partial charge in [-0.25, -0.2) is 0 Å². The van der Waals surface area contributed by atoms with E-state index in [0.29, 0.717) is 19.3 Å². The van der Waals surface area contributed by atoms with Crippen molar-refractivity contribution in [3.05, 3.63) is 47.5 Å². The van der Waals surface area contributed by atoms with Crippen molar-refractivity contribution in [2.75, 3.05) is 7.11 Å². The topological polar surface area (TPSA) is 63.6 Å². The van der Waals surface area contributed by atoms with Crippen LogP contribution in [0.1, 0.15) is 86.6 Å². The molecular formula is C25H35ClO4. The van der Waals surface area contributed by atoms with E-state index in [4.69, 9.17) is 11.6 Å². The van der Waals surface area contributed by atoms with Gasteiger partial charge in [0.1, 0.15) is 0 Å². The summed E-state index contributed by atoms with van der Waals surface area (Å²) < 4.78 is 4.65. The van der Waals surface area contributed by atoms with Gasteiger partial charge >= 0.3 is 5.97 Å². The summed E-state index contributed by atoms with van der Waals surface area (Å²) >= 11 is 6.56. The van der Waals surface area contributed by atoms with Gasteiger partial charge in [0, 0.05) is 29.7 Å². The van der Waals surface area contributed by atoms with Crippen LogP contribution >= 0.6 is 11.6 Å². The number of unbranched alkanes of at least 4 members (excludes halogenated alkanes) is 3. The fourth-order valence-electron chi connectivity index (χ4n) is 4.23. The lowest BCUT2D eigenvalue weighted by Crippen LogP contribution is -2.18. The van der Waals surface area contributed by atoms with E-state index in [2.05, 4.69) is 23.8 Å². The maximum Gasteiger partial charge on any atom is 0.305 e. The largest absolute Gasteiger partial charge is 0.469 e. The van der Waals surface area contributed by atoms with E-state index in [9.17, 15) is 14.7 Å². The van der Waals surface area contributed by atoms with Gasteiger partial charge in [-0.2, -0.15) is 0 Å². The van der Waals surface area contributed by atoms with E-state index < -0.39 is 6.10 Å². The van der Waals surface area contributed by atoms with Gasteiger partial charge in [-0.1, -0.05) is 56.2 Å². The monoisotopic (exact) mass is 434 g/mol. The number of methoxy groups -OCH3 is 1. The molecule has 1 aromatic rings. The molecule has 0 saturated heterocycles. The molecule has 1 fully saturated rings. The predicted octanol–water partition coefficient (Wildman–Crippen LogP) is 5.81. The first-order valence-electron chi connectivity index (χ1n) is 11.1. The van der Waals surface area contributed by atoms with Crippen LogP contribution in [0.4, 0.5) is 0 Å². The number of hydrogen-bond donors (Lipinski definition) is 1. The van der Waals surface area contributed by atoms with Crippen LogP contribution in [0.25, 0.3) is 0 Å². The zero-order valence-electron chi connectivity index (χ0n) is 18.2. The maximum atomic E-state index is 12.3. The number of aliphatic hydroxyl groups excluding tert-OH is 1. The van der Waals surface area contributed by atoms with Gasteiger partial charge < -0.3 is 9.84 Å². The lowest BCUT2D eigenvalue weighted by atomic mass is 9.85. The molecule has 2 rings (SSSR count). The average molecular weight is 435 g/mol. The molecular weight excluding hydrogens is 400 g/mol. The molecule has 0 aromatic heterocycles. The van der Waals surface area contributed by atoms with Crippen LogP contribution in [0.3, 0.4) is 0 Å². The first kappa shape index (κ1) is 24.6. The summed E-state index contributed by atoms with van der Waals surface area (Å²) in [4.78, 5) is 23.5. The van der Waals surface area contributed by atoms with Crippen molar-refractivity contribution in [3.63, 3.8) is 0 Å². The maximum absolute atomic E-state index is 12.3. The van der Waals surface area contributed by atoms with Crippen molar-refractivity contribution in [1.29, 1.82) is 0 Å². The predicted molar refractivity (Wildman–Crippen MR) is 121 cm³/mol. The second-order valence-corrected chi connectivity index (χ2v) is 8.75.